The normalized spacial score (nSPS) is 28.2. The van der Waals surface area contributed by atoms with Crippen LogP contribution in [0.15, 0.2) is 0 Å². The second-order valence-corrected chi connectivity index (χ2v) is 8.54. The summed E-state index contributed by atoms with van der Waals surface area (Å²) in [6, 6.07) is 0.564. The van der Waals surface area contributed by atoms with Crippen molar-refractivity contribution in [3.63, 3.8) is 0 Å². The van der Waals surface area contributed by atoms with Gasteiger partial charge in [0.1, 0.15) is 0 Å². The first-order chi connectivity index (χ1) is 9.95. The molecule has 5 nitrogen and oxygen atoms in total. The van der Waals surface area contributed by atoms with Crippen molar-refractivity contribution < 1.29 is 13.2 Å². The molecule has 2 saturated carbocycles. The van der Waals surface area contributed by atoms with E-state index in [0.717, 1.165) is 19.6 Å². The number of sulfonamides is 1. The molecule has 124 valence electrons. The molecule has 0 saturated heterocycles. The van der Waals surface area contributed by atoms with Gasteiger partial charge >= 0.3 is 0 Å². The van der Waals surface area contributed by atoms with E-state index in [0.29, 0.717) is 24.0 Å². The number of rotatable bonds is 8. The molecule has 0 aromatic carbocycles. The van der Waals surface area contributed by atoms with E-state index >= 15 is 0 Å². The summed E-state index contributed by atoms with van der Waals surface area (Å²) in [5.41, 5.74) is 0.340. The molecule has 21 heavy (non-hydrogen) atoms. The van der Waals surface area contributed by atoms with Crippen molar-refractivity contribution in [2.45, 2.75) is 57.6 Å². The molecule has 0 aromatic heterocycles. The highest BCUT2D eigenvalue weighted by atomic mass is 32.2. The largest absolute Gasteiger partial charge is 0.378 e. The van der Waals surface area contributed by atoms with Gasteiger partial charge in [0, 0.05) is 18.1 Å². The van der Waals surface area contributed by atoms with Crippen molar-refractivity contribution in [1.82, 2.24) is 9.62 Å². The Morgan fingerprint density at radius 1 is 1.33 bits per heavy atom. The van der Waals surface area contributed by atoms with Crippen LogP contribution in [0.2, 0.25) is 0 Å². The Morgan fingerprint density at radius 3 is 2.57 bits per heavy atom. The van der Waals surface area contributed by atoms with Crippen molar-refractivity contribution >= 4 is 10.0 Å². The van der Waals surface area contributed by atoms with Crippen LogP contribution in [0, 0.1) is 5.41 Å². The molecule has 0 aliphatic heterocycles. The Labute approximate surface area is 129 Å². The molecule has 2 aliphatic rings. The summed E-state index contributed by atoms with van der Waals surface area (Å²) < 4.78 is 31.3. The molecule has 2 rings (SSSR count). The van der Waals surface area contributed by atoms with Crippen molar-refractivity contribution in [2.24, 2.45) is 5.41 Å². The standard InChI is InChI=1S/C15H30N2O3S/c1-4-20-14-12-13(15(14)8-5-6-9-15)17(3)10-7-11-21(18,19)16-2/h13-14,16H,4-12H2,1-3H3. The summed E-state index contributed by atoms with van der Waals surface area (Å²) in [4.78, 5) is 2.37. The molecule has 2 unspecified atom stereocenters. The molecule has 2 aliphatic carbocycles. The van der Waals surface area contributed by atoms with Crippen LogP contribution in [0.5, 0.6) is 0 Å². The second kappa shape index (κ2) is 6.94. The van der Waals surface area contributed by atoms with Crippen molar-refractivity contribution in [2.75, 3.05) is 33.0 Å². The van der Waals surface area contributed by atoms with E-state index in [-0.39, 0.29) is 5.75 Å². The number of ether oxygens (including phenoxy) is 1. The summed E-state index contributed by atoms with van der Waals surface area (Å²) in [5.74, 6) is 0.211. The predicted molar refractivity (Wildman–Crippen MR) is 84.8 cm³/mol. The molecule has 2 atom stereocenters. The number of hydrogen-bond acceptors (Lipinski definition) is 4. The van der Waals surface area contributed by atoms with Crippen LogP contribution in [0.4, 0.5) is 0 Å². The van der Waals surface area contributed by atoms with Crippen LogP contribution in [0.1, 0.15) is 45.4 Å². The van der Waals surface area contributed by atoms with E-state index in [9.17, 15) is 8.42 Å². The zero-order chi connectivity index (χ0) is 15.5. The van der Waals surface area contributed by atoms with Gasteiger partial charge in [0.15, 0.2) is 0 Å². The first kappa shape index (κ1) is 17.2. The average molecular weight is 318 g/mol. The van der Waals surface area contributed by atoms with Gasteiger partial charge < -0.3 is 9.64 Å². The minimum atomic E-state index is -3.08. The van der Waals surface area contributed by atoms with Gasteiger partial charge in [-0.15, -0.1) is 0 Å². The van der Waals surface area contributed by atoms with E-state index in [1.807, 2.05) is 0 Å². The maximum Gasteiger partial charge on any atom is 0.211 e. The van der Waals surface area contributed by atoms with Gasteiger partial charge in [-0.1, -0.05) is 12.8 Å². The third-order valence-electron chi connectivity index (χ3n) is 5.41. The topological polar surface area (TPSA) is 58.6 Å². The number of nitrogens with one attached hydrogen (secondary N) is 1. The molecule has 0 aromatic rings. The molecule has 0 radical (unpaired) electrons. The van der Waals surface area contributed by atoms with Crippen LogP contribution in [0.3, 0.4) is 0 Å². The molecule has 1 N–H and O–H groups in total. The van der Waals surface area contributed by atoms with Gasteiger partial charge in [-0.3, -0.25) is 0 Å². The second-order valence-electron chi connectivity index (χ2n) is 6.49. The summed E-state index contributed by atoms with van der Waals surface area (Å²) in [7, 11) is 0.537. The summed E-state index contributed by atoms with van der Waals surface area (Å²) in [5, 5.41) is 0. The lowest BCUT2D eigenvalue weighted by atomic mass is 9.60. The molecule has 2 fully saturated rings. The minimum Gasteiger partial charge on any atom is -0.378 e. The fraction of sp³-hybridized carbons (Fsp3) is 1.00. The molecule has 0 heterocycles. The lowest BCUT2D eigenvalue weighted by Gasteiger charge is -2.57. The van der Waals surface area contributed by atoms with Gasteiger partial charge in [0.25, 0.3) is 0 Å². The Balaban J connectivity index is 1.86. The zero-order valence-electron chi connectivity index (χ0n) is 13.6. The Kier molecular flexibility index (Phi) is 5.68. The quantitative estimate of drug-likeness (QED) is 0.738. The van der Waals surface area contributed by atoms with Crippen LogP contribution in [-0.4, -0.2) is 58.5 Å². The predicted octanol–water partition coefficient (Wildman–Crippen LogP) is 1.60. The lowest BCUT2D eigenvalue weighted by Crippen LogP contribution is -2.63. The lowest BCUT2D eigenvalue weighted by molar-refractivity contribution is -0.160. The van der Waals surface area contributed by atoms with Crippen molar-refractivity contribution in [1.29, 1.82) is 0 Å². The van der Waals surface area contributed by atoms with E-state index in [4.69, 9.17) is 4.74 Å². The average Bonchev–Trinajstić information content (AvgIpc) is 2.95. The molecule has 1 spiro atoms. The van der Waals surface area contributed by atoms with Crippen molar-refractivity contribution in [3.05, 3.63) is 0 Å². The smallest absolute Gasteiger partial charge is 0.211 e. The van der Waals surface area contributed by atoms with Crippen LogP contribution >= 0.6 is 0 Å². The number of hydrogen-bond donors (Lipinski definition) is 1. The molecular formula is C15H30N2O3S. The first-order valence-corrected chi connectivity index (χ1v) is 9.83. The summed E-state index contributed by atoms with van der Waals surface area (Å²) >= 11 is 0. The van der Waals surface area contributed by atoms with Gasteiger partial charge in [-0.05, 0) is 53.2 Å². The monoisotopic (exact) mass is 318 g/mol. The molecule has 0 amide bonds. The molecular weight excluding hydrogens is 288 g/mol. The van der Waals surface area contributed by atoms with Crippen molar-refractivity contribution in [3.8, 4) is 0 Å². The third-order valence-corrected chi connectivity index (χ3v) is 6.86. The highest BCUT2D eigenvalue weighted by Gasteiger charge is 2.57. The van der Waals surface area contributed by atoms with Gasteiger partial charge in [0.05, 0.1) is 11.9 Å². The van der Waals surface area contributed by atoms with Gasteiger partial charge in [-0.2, -0.15) is 0 Å². The minimum absolute atomic E-state index is 0.211. The van der Waals surface area contributed by atoms with Gasteiger partial charge in [0.2, 0.25) is 10.0 Å². The van der Waals surface area contributed by atoms with E-state index < -0.39 is 10.0 Å². The Hall–Kier alpha value is -0.170. The SMILES string of the molecule is CCOC1CC(N(C)CCCS(=O)(=O)NC)C12CCCC2. The highest BCUT2D eigenvalue weighted by Crippen LogP contribution is 2.56. The Bertz CT molecular complexity index is 432. The molecule has 6 heteroatoms. The Morgan fingerprint density at radius 2 is 2.00 bits per heavy atom. The van der Waals surface area contributed by atoms with Gasteiger partial charge in [-0.25, -0.2) is 13.1 Å². The van der Waals surface area contributed by atoms with E-state index in [1.165, 1.54) is 32.7 Å². The maximum atomic E-state index is 11.5. The van der Waals surface area contributed by atoms with Crippen LogP contribution in [-0.2, 0) is 14.8 Å². The fourth-order valence-electron chi connectivity index (χ4n) is 4.23. The summed E-state index contributed by atoms with van der Waals surface area (Å²) in [6.07, 6.45) is 7.35. The van der Waals surface area contributed by atoms with E-state index in [2.05, 4.69) is 23.6 Å². The molecule has 0 bridgehead atoms. The third kappa shape index (κ3) is 3.60. The maximum absolute atomic E-state index is 11.5. The van der Waals surface area contributed by atoms with Crippen LogP contribution < -0.4 is 4.72 Å². The summed E-state index contributed by atoms with van der Waals surface area (Å²) in [6.45, 7) is 3.71. The van der Waals surface area contributed by atoms with E-state index in [1.54, 1.807) is 0 Å². The highest BCUT2D eigenvalue weighted by molar-refractivity contribution is 7.89. The number of nitrogens with zero attached hydrogens (tertiary/aromatic N) is 1. The fourth-order valence-corrected chi connectivity index (χ4v) is 4.94. The first-order valence-electron chi connectivity index (χ1n) is 8.18. The van der Waals surface area contributed by atoms with Crippen LogP contribution in [0.25, 0.3) is 0 Å². The zero-order valence-corrected chi connectivity index (χ0v) is 14.4.